The minimum absolute atomic E-state index is 0.298. The first kappa shape index (κ1) is 15.8. The quantitative estimate of drug-likeness (QED) is 0.868. The highest BCUT2D eigenvalue weighted by atomic mass is 15.3. The fraction of sp³-hybridized carbons (Fsp3) is 1.00. The smallest absolute Gasteiger partial charge is 0.0337 e. The van der Waals surface area contributed by atoms with Gasteiger partial charge in [-0.1, -0.05) is 26.7 Å². The van der Waals surface area contributed by atoms with Crippen LogP contribution in [-0.4, -0.2) is 54.1 Å². The van der Waals surface area contributed by atoms with Crippen LogP contribution in [0.25, 0.3) is 0 Å². The second-order valence-corrected chi connectivity index (χ2v) is 8.61. The molecule has 0 aromatic heterocycles. The SMILES string of the molecule is CC1(C)CCCC(CN)(N2CCC(N3CCCCC3)C2)C1. The lowest BCUT2D eigenvalue weighted by atomic mass is 9.67. The van der Waals surface area contributed by atoms with Crippen molar-refractivity contribution in [2.75, 3.05) is 32.7 Å². The molecule has 1 aliphatic carbocycles. The molecule has 3 fully saturated rings. The molecule has 2 saturated heterocycles. The van der Waals surface area contributed by atoms with Crippen molar-refractivity contribution < 1.29 is 0 Å². The van der Waals surface area contributed by atoms with Crippen LogP contribution in [0.4, 0.5) is 0 Å². The summed E-state index contributed by atoms with van der Waals surface area (Å²) in [6.07, 6.45) is 11.0. The zero-order chi connectivity index (χ0) is 14.9. The second kappa shape index (κ2) is 6.17. The molecule has 21 heavy (non-hydrogen) atoms. The van der Waals surface area contributed by atoms with E-state index in [0.29, 0.717) is 11.0 Å². The summed E-state index contributed by atoms with van der Waals surface area (Å²) >= 11 is 0. The van der Waals surface area contributed by atoms with Gasteiger partial charge in [0.25, 0.3) is 0 Å². The number of piperidine rings is 1. The van der Waals surface area contributed by atoms with Gasteiger partial charge in [-0.3, -0.25) is 9.80 Å². The Kier molecular flexibility index (Phi) is 4.63. The Bertz CT molecular complexity index is 348. The summed E-state index contributed by atoms with van der Waals surface area (Å²) in [5.41, 5.74) is 7.08. The van der Waals surface area contributed by atoms with E-state index in [9.17, 15) is 0 Å². The molecule has 2 atom stereocenters. The summed E-state index contributed by atoms with van der Waals surface area (Å²) in [5, 5.41) is 0. The van der Waals surface area contributed by atoms with E-state index in [4.69, 9.17) is 5.73 Å². The van der Waals surface area contributed by atoms with Gasteiger partial charge in [-0.25, -0.2) is 0 Å². The number of hydrogen-bond donors (Lipinski definition) is 1. The lowest BCUT2D eigenvalue weighted by Crippen LogP contribution is -2.57. The van der Waals surface area contributed by atoms with Crippen LogP contribution in [0.5, 0.6) is 0 Å². The fourth-order valence-electron chi connectivity index (χ4n) is 5.29. The van der Waals surface area contributed by atoms with Crippen LogP contribution in [0, 0.1) is 5.41 Å². The lowest BCUT2D eigenvalue weighted by Gasteiger charge is -2.50. The maximum absolute atomic E-state index is 6.31. The first-order chi connectivity index (χ1) is 10.0. The Hall–Kier alpha value is -0.120. The number of nitrogens with zero attached hydrogens (tertiary/aromatic N) is 2. The van der Waals surface area contributed by atoms with Crippen LogP contribution in [0.15, 0.2) is 0 Å². The Morgan fingerprint density at radius 1 is 1.00 bits per heavy atom. The van der Waals surface area contributed by atoms with Crippen LogP contribution >= 0.6 is 0 Å². The molecule has 1 saturated carbocycles. The molecule has 0 aromatic rings. The predicted molar refractivity (Wildman–Crippen MR) is 89.4 cm³/mol. The van der Waals surface area contributed by atoms with Crippen LogP contribution in [0.2, 0.25) is 0 Å². The van der Waals surface area contributed by atoms with Crippen LogP contribution in [0.3, 0.4) is 0 Å². The molecule has 2 heterocycles. The summed E-state index contributed by atoms with van der Waals surface area (Å²) in [5.74, 6) is 0. The summed E-state index contributed by atoms with van der Waals surface area (Å²) in [6, 6.07) is 0.804. The van der Waals surface area contributed by atoms with Gasteiger partial charge in [-0.2, -0.15) is 0 Å². The van der Waals surface area contributed by atoms with E-state index in [1.807, 2.05) is 0 Å². The van der Waals surface area contributed by atoms with Gasteiger partial charge in [0.1, 0.15) is 0 Å². The van der Waals surface area contributed by atoms with Crippen molar-refractivity contribution in [2.24, 2.45) is 11.1 Å². The molecule has 0 radical (unpaired) electrons. The topological polar surface area (TPSA) is 32.5 Å². The Morgan fingerprint density at radius 2 is 1.76 bits per heavy atom. The largest absolute Gasteiger partial charge is 0.329 e. The molecule has 2 N–H and O–H groups in total. The fourth-order valence-corrected chi connectivity index (χ4v) is 5.29. The average Bonchev–Trinajstić information content (AvgIpc) is 2.97. The predicted octanol–water partition coefficient (Wildman–Crippen LogP) is 2.84. The molecule has 0 amide bonds. The lowest BCUT2D eigenvalue weighted by molar-refractivity contribution is 0.0196. The highest BCUT2D eigenvalue weighted by molar-refractivity contribution is 5.02. The minimum atomic E-state index is 0.298. The summed E-state index contributed by atoms with van der Waals surface area (Å²) < 4.78 is 0. The first-order valence-corrected chi connectivity index (χ1v) is 9.24. The van der Waals surface area contributed by atoms with Gasteiger partial charge in [0.05, 0.1) is 0 Å². The number of hydrogen-bond acceptors (Lipinski definition) is 3. The number of likely N-dealkylation sites (tertiary alicyclic amines) is 2. The van der Waals surface area contributed by atoms with Gasteiger partial charge in [0.15, 0.2) is 0 Å². The van der Waals surface area contributed by atoms with Crippen molar-refractivity contribution >= 4 is 0 Å². The van der Waals surface area contributed by atoms with Crippen molar-refractivity contribution in [3.63, 3.8) is 0 Å². The van der Waals surface area contributed by atoms with E-state index in [2.05, 4.69) is 23.6 Å². The highest BCUT2D eigenvalue weighted by Crippen LogP contribution is 2.44. The van der Waals surface area contributed by atoms with Crippen LogP contribution in [0.1, 0.15) is 65.2 Å². The van der Waals surface area contributed by atoms with Crippen LogP contribution in [-0.2, 0) is 0 Å². The molecule has 3 heteroatoms. The molecule has 0 spiro atoms. The van der Waals surface area contributed by atoms with Gasteiger partial charge in [0, 0.05) is 31.2 Å². The van der Waals surface area contributed by atoms with E-state index < -0.39 is 0 Å². The number of nitrogens with two attached hydrogens (primary N) is 1. The average molecular weight is 293 g/mol. The molecule has 122 valence electrons. The maximum atomic E-state index is 6.31. The van der Waals surface area contributed by atoms with Crippen LogP contribution < -0.4 is 5.73 Å². The van der Waals surface area contributed by atoms with Gasteiger partial charge >= 0.3 is 0 Å². The van der Waals surface area contributed by atoms with Crippen molar-refractivity contribution in [2.45, 2.75) is 76.8 Å². The second-order valence-electron chi connectivity index (χ2n) is 8.61. The Balaban J connectivity index is 1.65. The molecule has 2 unspecified atom stereocenters. The van der Waals surface area contributed by atoms with Crippen molar-refractivity contribution in [3.05, 3.63) is 0 Å². The third kappa shape index (κ3) is 3.30. The molecule has 2 aliphatic heterocycles. The van der Waals surface area contributed by atoms with Crippen molar-refractivity contribution in [1.82, 2.24) is 9.80 Å². The van der Waals surface area contributed by atoms with Gasteiger partial charge < -0.3 is 5.73 Å². The third-order valence-corrected chi connectivity index (χ3v) is 6.42. The zero-order valence-electron chi connectivity index (χ0n) is 14.2. The van der Waals surface area contributed by atoms with E-state index in [1.54, 1.807) is 0 Å². The van der Waals surface area contributed by atoms with Crippen molar-refractivity contribution in [3.8, 4) is 0 Å². The monoisotopic (exact) mass is 293 g/mol. The molecule has 3 rings (SSSR count). The van der Waals surface area contributed by atoms with E-state index in [-0.39, 0.29) is 0 Å². The van der Waals surface area contributed by atoms with Gasteiger partial charge in [-0.15, -0.1) is 0 Å². The normalized spacial score (nSPS) is 38.7. The van der Waals surface area contributed by atoms with Crippen molar-refractivity contribution in [1.29, 1.82) is 0 Å². The van der Waals surface area contributed by atoms with Gasteiger partial charge in [-0.05, 0) is 57.0 Å². The molecular weight excluding hydrogens is 258 g/mol. The standard InChI is InChI=1S/C18H35N3/c1-17(2)8-6-9-18(14-17,15-19)21-12-7-16(13-21)20-10-4-3-5-11-20/h16H,3-15,19H2,1-2H3. The Morgan fingerprint density at radius 3 is 2.43 bits per heavy atom. The summed E-state index contributed by atoms with van der Waals surface area (Å²) in [6.45, 7) is 10.9. The Labute approximate surface area is 131 Å². The molecule has 0 aromatic carbocycles. The third-order valence-electron chi connectivity index (χ3n) is 6.42. The summed E-state index contributed by atoms with van der Waals surface area (Å²) in [4.78, 5) is 5.55. The van der Waals surface area contributed by atoms with Gasteiger partial charge in [0.2, 0.25) is 0 Å². The molecule has 3 aliphatic rings. The van der Waals surface area contributed by atoms with E-state index in [1.165, 1.54) is 77.5 Å². The molecular formula is C18H35N3. The molecule has 0 bridgehead atoms. The summed E-state index contributed by atoms with van der Waals surface area (Å²) in [7, 11) is 0. The zero-order valence-corrected chi connectivity index (χ0v) is 14.2. The van der Waals surface area contributed by atoms with E-state index in [0.717, 1.165) is 12.6 Å². The molecule has 3 nitrogen and oxygen atoms in total. The minimum Gasteiger partial charge on any atom is -0.329 e. The van der Waals surface area contributed by atoms with E-state index >= 15 is 0 Å². The first-order valence-electron chi connectivity index (χ1n) is 9.24. The highest BCUT2D eigenvalue weighted by Gasteiger charge is 2.46. The number of rotatable bonds is 3. The maximum Gasteiger partial charge on any atom is 0.0337 e.